The molecule has 1 aromatic carbocycles. The van der Waals surface area contributed by atoms with Crippen LogP contribution in [0.3, 0.4) is 0 Å². The number of hydrogen-bond acceptors (Lipinski definition) is 6. The minimum atomic E-state index is -0.832. The monoisotopic (exact) mass is 472 g/mol. The lowest BCUT2D eigenvalue weighted by Gasteiger charge is -2.29. The molecule has 0 saturated carbocycles. The number of carbonyl (C=O) groups is 1. The summed E-state index contributed by atoms with van der Waals surface area (Å²) in [5, 5.41) is 9.95. The van der Waals surface area contributed by atoms with Gasteiger partial charge in [0.1, 0.15) is 17.4 Å². The number of aromatic nitrogens is 1. The molecule has 3 rings (SSSR count). The Balaban J connectivity index is 2.09. The Morgan fingerprint density at radius 1 is 1.33 bits per heavy atom. The van der Waals surface area contributed by atoms with Crippen LogP contribution in [0.4, 0.5) is 0 Å². The van der Waals surface area contributed by atoms with Crippen molar-refractivity contribution in [3.63, 3.8) is 0 Å². The number of esters is 1. The van der Waals surface area contributed by atoms with Crippen LogP contribution in [-0.4, -0.2) is 36.5 Å². The predicted octanol–water partition coefficient (Wildman–Crippen LogP) is 4.75. The molecule has 1 fully saturated rings. The molecule has 176 valence electrons. The number of benzene rings is 1. The van der Waals surface area contributed by atoms with Crippen LogP contribution in [0.5, 0.6) is 5.75 Å². The van der Waals surface area contributed by atoms with Crippen molar-refractivity contribution in [1.82, 2.24) is 4.57 Å². The molecule has 1 aliphatic rings. The summed E-state index contributed by atoms with van der Waals surface area (Å²) in [4.78, 5) is 26.4. The highest BCUT2D eigenvalue weighted by Gasteiger charge is 2.31. The van der Waals surface area contributed by atoms with Gasteiger partial charge >= 0.3 is 5.97 Å². The molecule has 2 unspecified atom stereocenters. The van der Waals surface area contributed by atoms with Crippen molar-refractivity contribution in [3.05, 3.63) is 51.4 Å². The van der Waals surface area contributed by atoms with Gasteiger partial charge in [-0.05, 0) is 64.2 Å². The number of nitriles is 1. The van der Waals surface area contributed by atoms with E-state index in [2.05, 4.69) is 6.07 Å². The second-order valence-electron chi connectivity index (χ2n) is 9.17. The molecule has 2 atom stereocenters. The van der Waals surface area contributed by atoms with Gasteiger partial charge in [-0.2, -0.15) is 5.26 Å². The molecule has 1 aromatic heterocycles. The van der Waals surface area contributed by atoms with Crippen LogP contribution in [0.1, 0.15) is 51.6 Å². The molecule has 0 amide bonds. The highest BCUT2D eigenvalue weighted by molar-refractivity contribution is 6.31. The van der Waals surface area contributed by atoms with E-state index in [4.69, 9.17) is 25.8 Å². The summed E-state index contributed by atoms with van der Waals surface area (Å²) < 4.78 is 18.2. The first kappa shape index (κ1) is 24.8. The second-order valence-corrected chi connectivity index (χ2v) is 9.61. The number of hydrogen-bond donors (Lipinski definition) is 0. The smallest absolute Gasteiger partial charge is 0.329 e. The largest absolute Gasteiger partial charge is 0.495 e. The summed E-state index contributed by atoms with van der Waals surface area (Å²) in [5.74, 6) is -0.000716. The SMILES string of the molecule is COc1cn(C(CC2CCCOC2)C(=O)OC(C)(C)C)c(=O)cc1-c1cc(Cl)ccc1C#N. The molecule has 33 heavy (non-hydrogen) atoms. The number of rotatable bonds is 6. The first-order valence-corrected chi connectivity index (χ1v) is 11.3. The van der Waals surface area contributed by atoms with Gasteiger partial charge in [0.2, 0.25) is 0 Å². The molecule has 8 heteroatoms. The number of methoxy groups -OCH3 is 1. The van der Waals surface area contributed by atoms with Crippen molar-refractivity contribution in [2.24, 2.45) is 5.92 Å². The molecule has 2 aromatic rings. The zero-order chi connectivity index (χ0) is 24.2. The van der Waals surface area contributed by atoms with E-state index in [0.717, 1.165) is 12.8 Å². The molecule has 0 radical (unpaired) electrons. The van der Waals surface area contributed by atoms with Crippen molar-refractivity contribution in [2.45, 2.75) is 51.7 Å². The van der Waals surface area contributed by atoms with Gasteiger partial charge in [-0.15, -0.1) is 0 Å². The Kier molecular flexibility index (Phi) is 7.83. The molecular formula is C25H29ClN2O5. The van der Waals surface area contributed by atoms with Gasteiger partial charge in [-0.25, -0.2) is 4.79 Å². The maximum absolute atomic E-state index is 13.3. The standard InChI is InChI=1S/C25H29ClN2O5/c1-25(2,3)33-24(30)21(10-16-6-5-9-32-15-16)28-14-22(31-4)20(12-23(28)29)19-11-18(26)8-7-17(19)13-27/h7-8,11-12,14,16,21H,5-6,9-10,15H2,1-4H3. The van der Waals surface area contributed by atoms with Gasteiger partial charge in [-0.3, -0.25) is 9.36 Å². The molecular weight excluding hydrogens is 444 g/mol. The molecule has 0 N–H and O–H groups in total. The van der Waals surface area contributed by atoms with Gasteiger partial charge in [0.25, 0.3) is 5.56 Å². The van der Waals surface area contributed by atoms with Gasteiger partial charge < -0.3 is 14.2 Å². The third kappa shape index (κ3) is 6.16. The fourth-order valence-corrected chi connectivity index (χ4v) is 4.16. The molecule has 0 aliphatic carbocycles. The summed E-state index contributed by atoms with van der Waals surface area (Å²) in [5.41, 5.74) is 0.177. The van der Waals surface area contributed by atoms with E-state index in [1.54, 1.807) is 39.0 Å². The highest BCUT2D eigenvalue weighted by atomic mass is 35.5. The molecule has 0 bridgehead atoms. The average molecular weight is 473 g/mol. The number of ether oxygens (including phenoxy) is 3. The lowest BCUT2D eigenvalue weighted by Crippen LogP contribution is -2.36. The molecule has 2 heterocycles. The first-order chi connectivity index (χ1) is 15.6. The van der Waals surface area contributed by atoms with E-state index < -0.39 is 23.2 Å². The van der Waals surface area contributed by atoms with Crippen molar-refractivity contribution < 1.29 is 19.0 Å². The zero-order valence-electron chi connectivity index (χ0n) is 19.4. The Hall–Kier alpha value is -2.82. The van der Waals surface area contributed by atoms with E-state index in [0.29, 0.717) is 47.1 Å². The first-order valence-electron chi connectivity index (χ1n) is 10.9. The quantitative estimate of drug-likeness (QED) is 0.563. The predicted molar refractivity (Wildman–Crippen MR) is 125 cm³/mol. The topological polar surface area (TPSA) is 90.5 Å². The van der Waals surface area contributed by atoms with E-state index in [1.807, 2.05) is 0 Å². The van der Waals surface area contributed by atoms with E-state index in [9.17, 15) is 14.9 Å². The minimum Gasteiger partial charge on any atom is -0.495 e. The lowest BCUT2D eigenvalue weighted by atomic mass is 9.93. The lowest BCUT2D eigenvalue weighted by molar-refractivity contribution is -0.160. The van der Waals surface area contributed by atoms with Gasteiger partial charge in [0, 0.05) is 35.4 Å². The average Bonchev–Trinajstić information content (AvgIpc) is 2.77. The molecule has 7 nitrogen and oxygen atoms in total. The van der Waals surface area contributed by atoms with E-state index >= 15 is 0 Å². The molecule has 1 aliphatic heterocycles. The summed E-state index contributed by atoms with van der Waals surface area (Å²) in [6, 6.07) is 7.48. The van der Waals surface area contributed by atoms with Crippen LogP contribution < -0.4 is 10.3 Å². The summed E-state index contributed by atoms with van der Waals surface area (Å²) >= 11 is 6.15. The Morgan fingerprint density at radius 2 is 2.09 bits per heavy atom. The minimum absolute atomic E-state index is 0.131. The van der Waals surface area contributed by atoms with Crippen LogP contribution in [0, 0.1) is 17.2 Å². The fraction of sp³-hybridized carbons (Fsp3) is 0.480. The van der Waals surface area contributed by atoms with Crippen molar-refractivity contribution in [1.29, 1.82) is 5.26 Å². The third-order valence-corrected chi connectivity index (χ3v) is 5.72. The highest BCUT2D eigenvalue weighted by Crippen LogP contribution is 2.34. The van der Waals surface area contributed by atoms with E-state index in [1.165, 1.54) is 23.9 Å². The zero-order valence-corrected chi connectivity index (χ0v) is 20.1. The van der Waals surface area contributed by atoms with Crippen molar-refractivity contribution in [2.75, 3.05) is 20.3 Å². The van der Waals surface area contributed by atoms with Gasteiger partial charge in [-0.1, -0.05) is 11.6 Å². The van der Waals surface area contributed by atoms with Gasteiger partial charge in [0.05, 0.1) is 24.9 Å². The van der Waals surface area contributed by atoms with Crippen LogP contribution in [-0.2, 0) is 14.3 Å². The van der Waals surface area contributed by atoms with Crippen molar-refractivity contribution in [3.8, 4) is 22.9 Å². The van der Waals surface area contributed by atoms with Crippen LogP contribution in [0.25, 0.3) is 11.1 Å². The number of halogens is 1. The third-order valence-electron chi connectivity index (χ3n) is 5.48. The van der Waals surface area contributed by atoms with E-state index in [-0.39, 0.29) is 5.92 Å². The van der Waals surface area contributed by atoms with Crippen LogP contribution in [0.15, 0.2) is 35.3 Å². The van der Waals surface area contributed by atoms with Crippen LogP contribution in [0.2, 0.25) is 5.02 Å². The Labute approximate surface area is 198 Å². The van der Waals surface area contributed by atoms with Gasteiger partial charge in [0.15, 0.2) is 0 Å². The molecule has 0 spiro atoms. The number of nitrogens with zero attached hydrogens (tertiary/aromatic N) is 2. The number of carbonyl (C=O) groups excluding carboxylic acids is 1. The Morgan fingerprint density at radius 3 is 2.70 bits per heavy atom. The fourth-order valence-electron chi connectivity index (χ4n) is 3.98. The van der Waals surface area contributed by atoms with Crippen LogP contribution >= 0.6 is 11.6 Å². The second kappa shape index (κ2) is 10.4. The number of pyridine rings is 1. The molecule has 1 saturated heterocycles. The normalized spacial score (nSPS) is 17.2. The summed E-state index contributed by atoms with van der Waals surface area (Å²) in [6.07, 6.45) is 3.75. The maximum Gasteiger partial charge on any atom is 0.329 e. The maximum atomic E-state index is 13.3. The Bertz CT molecular complexity index is 1110. The van der Waals surface area contributed by atoms with Crippen molar-refractivity contribution >= 4 is 17.6 Å². The summed E-state index contributed by atoms with van der Waals surface area (Å²) in [7, 11) is 1.47. The summed E-state index contributed by atoms with van der Waals surface area (Å²) in [6.45, 7) is 6.62.